The molecule has 0 saturated carbocycles. The molecule has 12 heteroatoms. The highest BCUT2D eigenvalue weighted by molar-refractivity contribution is 5.95. The fraction of sp³-hybridized carbons (Fsp3) is 0.200. The second kappa shape index (κ2) is 8.71. The summed E-state index contributed by atoms with van der Waals surface area (Å²) in [5.74, 6) is 0.177. The van der Waals surface area contributed by atoms with Gasteiger partial charge in [-0.3, -0.25) is 30.0 Å². The number of carbonyl (C=O) groups excluding carboxylic acids is 1. The Morgan fingerprint density at radius 3 is 2.00 bits per heavy atom. The van der Waals surface area contributed by atoms with Gasteiger partial charge in [0.05, 0.1) is 27.2 Å². The van der Waals surface area contributed by atoms with Gasteiger partial charge in [0.2, 0.25) is 0 Å². The van der Waals surface area contributed by atoms with Crippen molar-refractivity contribution in [1.29, 1.82) is 0 Å². The molecule has 0 aliphatic carbocycles. The highest BCUT2D eigenvalue weighted by Gasteiger charge is 2.26. The molecule has 162 valence electrons. The van der Waals surface area contributed by atoms with Crippen LogP contribution in [0.3, 0.4) is 0 Å². The summed E-state index contributed by atoms with van der Waals surface area (Å²) < 4.78 is 0. The van der Waals surface area contributed by atoms with Gasteiger partial charge >= 0.3 is 0 Å². The number of nitrogens with zero attached hydrogens (tertiary/aromatic N) is 7. The summed E-state index contributed by atoms with van der Waals surface area (Å²) in [6.07, 6.45) is 3.36. The van der Waals surface area contributed by atoms with Crippen LogP contribution in [-0.2, 0) is 0 Å². The van der Waals surface area contributed by atoms with E-state index < -0.39 is 27.1 Å². The molecule has 0 atom stereocenters. The Morgan fingerprint density at radius 2 is 1.47 bits per heavy atom. The molecular formula is C20H17N7O5. The van der Waals surface area contributed by atoms with Crippen molar-refractivity contribution >= 4 is 23.1 Å². The van der Waals surface area contributed by atoms with Crippen LogP contribution in [0, 0.1) is 20.2 Å². The molecule has 0 spiro atoms. The number of non-ortho nitro benzene ring substituents is 2. The number of hydrogen-bond donors (Lipinski definition) is 0. The van der Waals surface area contributed by atoms with Crippen LogP contribution in [0.1, 0.15) is 10.4 Å². The third-order valence-corrected chi connectivity index (χ3v) is 5.09. The van der Waals surface area contributed by atoms with E-state index in [1.165, 1.54) is 4.90 Å². The zero-order chi connectivity index (χ0) is 22.7. The summed E-state index contributed by atoms with van der Waals surface area (Å²) in [6, 6.07) is 10.3. The van der Waals surface area contributed by atoms with Gasteiger partial charge < -0.3 is 9.80 Å². The largest absolute Gasteiger partial charge is 0.352 e. The number of pyridine rings is 1. The van der Waals surface area contributed by atoms with Crippen molar-refractivity contribution in [2.75, 3.05) is 31.1 Å². The number of rotatable bonds is 5. The van der Waals surface area contributed by atoms with Crippen molar-refractivity contribution in [3.05, 3.63) is 80.7 Å². The summed E-state index contributed by atoms with van der Waals surface area (Å²) in [6.45, 7) is 1.63. The average Bonchev–Trinajstić information content (AvgIpc) is 2.84. The first-order valence-corrected chi connectivity index (χ1v) is 9.64. The van der Waals surface area contributed by atoms with Crippen LogP contribution in [-0.4, -0.2) is 62.0 Å². The highest BCUT2D eigenvalue weighted by atomic mass is 16.6. The maximum absolute atomic E-state index is 12.8. The van der Waals surface area contributed by atoms with E-state index in [0.717, 1.165) is 29.5 Å². The Labute approximate surface area is 181 Å². The minimum Gasteiger partial charge on any atom is -0.352 e. The van der Waals surface area contributed by atoms with Crippen molar-refractivity contribution < 1.29 is 14.6 Å². The van der Waals surface area contributed by atoms with Crippen molar-refractivity contribution in [1.82, 2.24) is 20.1 Å². The topological polar surface area (TPSA) is 148 Å². The lowest BCUT2D eigenvalue weighted by molar-refractivity contribution is -0.394. The molecular weight excluding hydrogens is 418 g/mol. The van der Waals surface area contributed by atoms with Crippen LogP contribution in [0.4, 0.5) is 17.2 Å². The average molecular weight is 435 g/mol. The molecule has 1 aromatic carbocycles. The van der Waals surface area contributed by atoms with Gasteiger partial charge in [0, 0.05) is 56.3 Å². The second-order valence-electron chi connectivity index (χ2n) is 7.04. The maximum atomic E-state index is 12.8. The first-order valence-electron chi connectivity index (χ1n) is 9.64. The summed E-state index contributed by atoms with van der Waals surface area (Å²) in [7, 11) is 0. The lowest BCUT2D eigenvalue weighted by Gasteiger charge is -2.35. The molecule has 1 amide bonds. The van der Waals surface area contributed by atoms with Crippen LogP contribution >= 0.6 is 0 Å². The van der Waals surface area contributed by atoms with E-state index in [9.17, 15) is 25.0 Å². The molecule has 0 bridgehead atoms. The molecule has 1 aliphatic rings. The second-order valence-corrected chi connectivity index (χ2v) is 7.04. The van der Waals surface area contributed by atoms with Gasteiger partial charge in [-0.2, -0.15) is 0 Å². The monoisotopic (exact) mass is 435 g/mol. The van der Waals surface area contributed by atoms with Crippen LogP contribution in [0.5, 0.6) is 0 Å². The summed E-state index contributed by atoms with van der Waals surface area (Å²) >= 11 is 0. The van der Waals surface area contributed by atoms with Gasteiger partial charge in [0.15, 0.2) is 5.82 Å². The Morgan fingerprint density at radius 1 is 0.844 bits per heavy atom. The number of hydrogen-bond acceptors (Lipinski definition) is 9. The Bertz CT molecular complexity index is 1130. The van der Waals surface area contributed by atoms with Gasteiger partial charge in [-0.25, -0.2) is 0 Å². The number of amides is 1. The minimum atomic E-state index is -0.754. The third kappa shape index (κ3) is 4.33. The number of anilines is 1. The van der Waals surface area contributed by atoms with Gasteiger partial charge in [-0.15, -0.1) is 10.2 Å². The molecule has 12 nitrogen and oxygen atoms in total. The number of benzene rings is 1. The molecule has 1 fully saturated rings. The zero-order valence-corrected chi connectivity index (χ0v) is 16.7. The van der Waals surface area contributed by atoms with E-state index in [2.05, 4.69) is 15.2 Å². The van der Waals surface area contributed by atoms with Gasteiger partial charge in [0.1, 0.15) is 0 Å². The van der Waals surface area contributed by atoms with E-state index in [-0.39, 0.29) is 5.56 Å². The number of nitro groups is 2. The molecule has 4 rings (SSSR count). The molecule has 1 saturated heterocycles. The minimum absolute atomic E-state index is 0.0826. The molecule has 3 aromatic rings. The van der Waals surface area contributed by atoms with Gasteiger partial charge in [-0.05, 0) is 24.3 Å². The Balaban J connectivity index is 1.44. The van der Waals surface area contributed by atoms with E-state index in [1.54, 1.807) is 12.4 Å². The van der Waals surface area contributed by atoms with Gasteiger partial charge in [-0.1, -0.05) is 0 Å². The highest BCUT2D eigenvalue weighted by Crippen LogP contribution is 2.24. The van der Waals surface area contributed by atoms with Crippen molar-refractivity contribution in [2.45, 2.75) is 0 Å². The Kier molecular flexibility index (Phi) is 5.66. The molecule has 1 aliphatic heterocycles. The SMILES string of the molecule is O=C(c1cc([N+](=O)[O-])cc([N+](=O)[O-])c1)N1CCN(c2ccc(-c3ccncc3)nn2)CC1. The van der Waals surface area contributed by atoms with E-state index in [1.807, 2.05) is 29.2 Å². The molecule has 0 unspecified atom stereocenters. The number of nitro benzene ring substituents is 2. The first-order chi connectivity index (χ1) is 15.4. The summed E-state index contributed by atoms with van der Waals surface area (Å²) in [5.41, 5.74) is 0.551. The number of piperazine rings is 1. The zero-order valence-electron chi connectivity index (χ0n) is 16.7. The summed E-state index contributed by atoms with van der Waals surface area (Å²) in [4.78, 5) is 40.9. The number of aromatic nitrogens is 3. The van der Waals surface area contributed by atoms with Crippen LogP contribution < -0.4 is 4.90 Å². The van der Waals surface area contributed by atoms with Crippen molar-refractivity contribution in [3.63, 3.8) is 0 Å². The standard InChI is InChI=1S/C20H17N7O5/c28-20(15-11-16(26(29)30)13-17(12-15)27(31)32)25-9-7-24(8-10-25)19-2-1-18(22-23-19)14-3-5-21-6-4-14/h1-6,11-13H,7-10H2. The van der Waals surface area contributed by atoms with Gasteiger partial charge in [0.25, 0.3) is 17.3 Å². The lowest BCUT2D eigenvalue weighted by atomic mass is 10.1. The fourth-order valence-electron chi connectivity index (χ4n) is 3.42. The fourth-order valence-corrected chi connectivity index (χ4v) is 3.42. The third-order valence-electron chi connectivity index (χ3n) is 5.09. The normalized spacial score (nSPS) is 13.6. The number of carbonyl (C=O) groups is 1. The van der Waals surface area contributed by atoms with Crippen LogP contribution in [0.2, 0.25) is 0 Å². The summed E-state index contributed by atoms with van der Waals surface area (Å²) in [5, 5.41) is 30.7. The van der Waals surface area contributed by atoms with Crippen molar-refractivity contribution in [3.8, 4) is 11.3 Å². The first kappa shape index (κ1) is 20.8. The maximum Gasteiger partial charge on any atom is 0.277 e. The van der Waals surface area contributed by atoms with E-state index >= 15 is 0 Å². The molecule has 0 radical (unpaired) electrons. The molecule has 0 N–H and O–H groups in total. The van der Waals surface area contributed by atoms with E-state index in [0.29, 0.717) is 32.0 Å². The molecule has 2 aromatic heterocycles. The predicted molar refractivity (Wildman–Crippen MR) is 113 cm³/mol. The van der Waals surface area contributed by atoms with Crippen LogP contribution in [0.25, 0.3) is 11.3 Å². The van der Waals surface area contributed by atoms with Crippen molar-refractivity contribution in [2.24, 2.45) is 0 Å². The molecule has 32 heavy (non-hydrogen) atoms. The smallest absolute Gasteiger partial charge is 0.277 e. The van der Waals surface area contributed by atoms with Crippen LogP contribution in [0.15, 0.2) is 54.9 Å². The lowest BCUT2D eigenvalue weighted by Crippen LogP contribution is -2.49. The predicted octanol–water partition coefficient (Wildman–Crippen LogP) is 2.32. The van der Waals surface area contributed by atoms with E-state index in [4.69, 9.17) is 0 Å². The quantitative estimate of drug-likeness (QED) is 0.434. The molecule has 3 heterocycles. The Hall–Kier alpha value is -4.48.